The average Bonchev–Trinajstić information content (AvgIpc) is 3.24. The third kappa shape index (κ3) is 2.05. The Morgan fingerprint density at radius 3 is 2.72 bits per heavy atom. The number of carbonyl (C=O) groups excluding carboxylic acids is 2. The third-order valence-electron chi connectivity index (χ3n) is 4.21. The number of amides is 2. The number of ether oxygens (including phenoxy) is 1. The van der Waals surface area contributed by atoms with Gasteiger partial charge in [-0.15, -0.1) is 0 Å². The number of hydrogen-bond acceptors (Lipinski definition) is 6. The molecule has 126 valence electrons. The van der Waals surface area contributed by atoms with Gasteiger partial charge in [-0.1, -0.05) is 30.3 Å². The highest BCUT2D eigenvalue weighted by molar-refractivity contribution is 5.92. The quantitative estimate of drug-likeness (QED) is 0.739. The molecule has 1 aliphatic heterocycles. The molecule has 1 unspecified atom stereocenters. The Balaban J connectivity index is 2.07. The molecule has 1 fully saturated rings. The van der Waals surface area contributed by atoms with Crippen LogP contribution >= 0.6 is 0 Å². The van der Waals surface area contributed by atoms with Crippen molar-refractivity contribution in [2.24, 2.45) is 5.73 Å². The SMILES string of the molecule is NC(=O)C(c1ccccc1)(N1CCOC1=O)n1ncc2cncnc21. The van der Waals surface area contributed by atoms with Crippen molar-refractivity contribution in [2.75, 3.05) is 13.2 Å². The fraction of sp³-hybridized carbons (Fsp3) is 0.188. The minimum atomic E-state index is -1.69. The standard InChI is InChI=1S/C16H14N6O3/c17-14(23)16(12-4-2-1-3-5-12,21-6-7-25-15(21)24)22-13-11(9-20-22)8-18-10-19-13/h1-5,8-10H,6-7H2,(H2,17,23). The van der Waals surface area contributed by atoms with Crippen LogP contribution in [0, 0.1) is 0 Å². The first kappa shape index (κ1) is 15.1. The Hall–Kier alpha value is -3.49. The van der Waals surface area contributed by atoms with Gasteiger partial charge in [0.2, 0.25) is 5.66 Å². The van der Waals surface area contributed by atoms with E-state index in [1.807, 2.05) is 0 Å². The molecule has 0 spiro atoms. The fourth-order valence-electron chi connectivity index (χ4n) is 3.14. The predicted molar refractivity (Wildman–Crippen MR) is 86.1 cm³/mol. The number of nitrogens with two attached hydrogens (primary N) is 1. The first-order valence-electron chi connectivity index (χ1n) is 7.59. The summed E-state index contributed by atoms with van der Waals surface area (Å²) in [5.74, 6) is -0.763. The number of benzene rings is 1. The van der Waals surface area contributed by atoms with Crippen molar-refractivity contribution in [3.63, 3.8) is 0 Å². The number of rotatable bonds is 4. The van der Waals surface area contributed by atoms with E-state index in [0.717, 1.165) is 0 Å². The molecule has 2 amide bonds. The van der Waals surface area contributed by atoms with E-state index in [0.29, 0.717) is 16.6 Å². The lowest BCUT2D eigenvalue weighted by molar-refractivity contribution is -0.131. The second-order valence-electron chi connectivity index (χ2n) is 5.53. The van der Waals surface area contributed by atoms with Crippen molar-refractivity contribution in [1.82, 2.24) is 24.6 Å². The minimum Gasteiger partial charge on any atom is -0.447 e. The first-order chi connectivity index (χ1) is 12.2. The maximum Gasteiger partial charge on any atom is 0.412 e. The van der Waals surface area contributed by atoms with Gasteiger partial charge in [0, 0.05) is 11.8 Å². The van der Waals surface area contributed by atoms with Crippen molar-refractivity contribution in [3.8, 4) is 0 Å². The molecule has 3 aromatic rings. The summed E-state index contributed by atoms with van der Waals surface area (Å²) in [7, 11) is 0. The van der Waals surface area contributed by atoms with E-state index in [1.165, 1.54) is 22.1 Å². The smallest absolute Gasteiger partial charge is 0.412 e. The zero-order chi connectivity index (χ0) is 17.4. The predicted octanol–water partition coefficient (Wildman–Crippen LogP) is 0.465. The summed E-state index contributed by atoms with van der Waals surface area (Å²) in [6.45, 7) is 0.359. The van der Waals surface area contributed by atoms with Crippen LogP contribution in [0.1, 0.15) is 5.56 Å². The number of carbonyl (C=O) groups is 2. The Kier molecular flexibility index (Phi) is 3.34. The van der Waals surface area contributed by atoms with Crippen LogP contribution in [0.25, 0.3) is 11.0 Å². The molecule has 1 saturated heterocycles. The Morgan fingerprint density at radius 1 is 1.24 bits per heavy atom. The van der Waals surface area contributed by atoms with Crippen LogP contribution in [0.4, 0.5) is 4.79 Å². The van der Waals surface area contributed by atoms with Gasteiger partial charge in [0.1, 0.15) is 12.9 Å². The molecule has 1 aromatic carbocycles. The molecular weight excluding hydrogens is 324 g/mol. The van der Waals surface area contributed by atoms with Crippen molar-refractivity contribution in [2.45, 2.75) is 5.66 Å². The van der Waals surface area contributed by atoms with Crippen LogP contribution < -0.4 is 5.73 Å². The summed E-state index contributed by atoms with van der Waals surface area (Å²) >= 11 is 0. The fourth-order valence-corrected chi connectivity index (χ4v) is 3.14. The van der Waals surface area contributed by atoms with E-state index in [-0.39, 0.29) is 13.2 Å². The van der Waals surface area contributed by atoms with Crippen LogP contribution in [-0.2, 0) is 15.2 Å². The normalized spacial score (nSPS) is 16.6. The van der Waals surface area contributed by atoms with E-state index in [2.05, 4.69) is 15.1 Å². The highest BCUT2D eigenvalue weighted by Gasteiger charge is 2.53. The lowest BCUT2D eigenvalue weighted by atomic mass is 9.96. The van der Waals surface area contributed by atoms with Crippen LogP contribution in [0.3, 0.4) is 0 Å². The number of fused-ring (bicyclic) bond motifs is 1. The number of cyclic esters (lactones) is 1. The Labute approximate surface area is 142 Å². The van der Waals surface area contributed by atoms with Gasteiger partial charge in [-0.05, 0) is 0 Å². The summed E-state index contributed by atoms with van der Waals surface area (Å²) in [6.07, 6.45) is 3.81. The number of aromatic nitrogens is 4. The second-order valence-corrected chi connectivity index (χ2v) is 5.53. The maximum atomic E-state index is 12.8. The Bertz CT molecular complexity index is 957. The van der Waals surface area contributed by atoms with Crippen molar-refractivity contribution < 1.29 is 14.3 Å². The van der Waals surface area contributed by atoms with E-state index < -0.39 is 17.7 Å². The van der Waals surface area contributed by atoms with Gasteiger partial charge in [-0.25, -0.2) is 19.4 Å². The molecule has 0 aliphatic carbocycles. The molecule has 3 heterocycles. The highest BCUT2D eigenvalue weighted by Crippen LogP contribution is 2.34. The monoisotopic (exact) mass is 338 g/mol. The van der Waals surface area contributed by atoms with E-state index in [9.17, 15) is 9.59 Å². The molecule has 25 heavy (non-hydrogen) atoms. The lowest BCUT2D eigenvalue weighted by Gasteiger charge is -2.37. The molecule has 9 nitrogen and oxygen atoms in total. The molecule has 1 atom stereocenters. The summed E-state index contributed by atoms with van der Waals surface area (Å²) < 4.78 is 6.41. The Morgan fingerprint density at radius 2 is 2.04 bits per heavy atom. The molecule has 4 rings (SSSR count). The van der Waals surface area contributed by atoms with Gasteiger partial charge in [0.25, 0.3) is 5.91 Å². The summed E-state index contributed by atoms with van der Waals surface area (Å²) in [5, 5.41) is 4.93. The zero-order valence-electron chi connectivity index (χ0n) is 13.1. The molecule has 9 heteroatoms. The van der Waals surface area contributed by atoms with Gasteiger partial charge in [-0.2, -0.15) is 5.10 Å². The summed E-state index contributed by atoms with van der Waals surface area (Å²) in [5.41, 5.74) is 5.02. The second kappa shape index (κ2) is 5.55. The molecule has 2 aromatic heterocycles. The molecular formula is C16H14N6O3. The van der Waals surface area contributed by atoms with Crippen LogP contribution in [-0.4, -0.2) is 49.8 Å². The lowest BCUT2D eigenvalue weighted by Crippen LogP contribution is -2.60. The minimum absolute atomic E-state index is 0.162. The molecule has 0 bridgehead atoms. The number of primary amides is 1. The number of hydrogen-bond donors (Lipinski definition) is 1. The van der Waals surface area contributed by atoms with Crippen LogP contribution in [0.15, 0.2) is 49.1 Å². The molecule has 0 radical (unpaired) electrons. The molecule has 2 N–H and O–H groups in total. The zero-order valence-corrected chi connectivity index (χ0v) is 13.1. The van der Waals surface area contributed by atoms with Gasteiger partial charge in [0.15, 0.2) is 5.65 Å². The third-order valence-corrected chi connectivity index (χ3v) is 4.21. The van der Waals surface area contributed by atoms with E-state index in [1.54, 1.807) is 36.5 Å². The first-order valence-corrected chi connectivity index (χ1v) is 7.59. The van der Waals surface area contributed by atoms with Crippen molar-refractivity contribution >= 4 is 23.0 Å². The van der Waals surface area contributed by atoms with Gasteiger partial charge >= 0.3 is 6.09 Å². The average molecular weight is 338 g/mol. The van der Waals surface area contributed by atoms with Crippen molar-refractivity contribution in [3.05, 3.63) is 54.6 Å². The highest BCUT2D eigenvalue weighted by atomic mass is 16.6. The summed E-state index contributed by atoms with van der Waals surface area (Å²) in [4.78, 5) is 34.6. The van der Waals surface area contributed by atoms with Gasteiger partial charge in [0.05, 0.1) is 18.1 Å². The molecule has 1 aliphatic rings. The maximum absolute atomic E-state index is 12.8. The topological polar surface area (TPSA) is 116 Å². The van der Waals surface area contributed by atoms with Crippen LogP contribution in [0.2, 0.25) is 0 Å². The van der Waals surface area contributed by atoms with Crippen LogP contribution in [0.5, 0.6) is 0 Å². The van der Waals surface area contributed by atoms with E-state index >= 15 is 0 Å². The van der Waals surface area contributed by atoms with Gasteiger partial charge in [-0.3, -0.25) is 9.69 Å². The number of nitrogens with zero attached hydrogens (tertiary/aromatic N) is 5. The molecule has 0 saturated carbocycles. The summed E-state index contributed by atoms with van der Waals surface area (Å²) in [6, 6.07) is 8.75. The van der Waals surface area contributed by atoms with Crippen molar-refractivity contribution in [1.29, 1.82) is 0 Å². The van der Waals surface area contributed by atoms with E-state index in [4.69, 9.17) is 10.5 Å². The van der Waals surface area contributed by atoms with Gasteiger partial charge < -0.3 is 10.5 Å². The largest absolute Gasteiger partial charge is 0.447 e.